The topological polar surface area (TPSA) is 109 Å². The number of rotatable bonds is 14. The Hall–Kier alpha value is -4.96. The number of ether oxygens (including phenoxy) is 2. The third-order valence-electron chi connectivity index (χ3n) is 7.52. The molecule has 0 atom stereocenters. The first-order chi connectivity index (χ1) is 22.1. The van der Waals surface area contributed by atoms with Crippen LogP contribution >= 0.6 is 0 Å². The fourth-order valence-corrected chi connectivity index (χ4v) is 4.82. The van der Waals surface area contributed by atoms with E-state index in [-0.39, 0.29) is 29.4 Å². The van der Waals surface area contributed by atoms with Gasteiger partial charge in [-0.05, 0) is 88.3 Å². The lowest BCUT2D eigenvalue weighted by atomic mass is 10.1. The zero-order chi connectivity index (χ0) is 33.2. The highest BCUT2D eigenvalue weighted by molar-refractivity contribution is 6.06. The maximum absolute atomic E-state index is 13.6. The van der Waals surface area contributed by atoms with Crippen LogP contribution in [0.2, 0.25) is 0 Å². The van der Waals surface area contributed by atoms with Gasteiger partial charge < -0.3 is 29.9 Å². The van der Waals surface area contributed by atoms with Crippen LogP contribution in [0.1, 0.15) is 59.5 Å². The molecule has 0 spiro atoms. The summed E-state index contributed by atoms with van der Waals surface area (Å²) in [5.41, 5.74) is 3.99. The lowest BCUT2D eigenvalue weighted by molar-refractivity contribution is 0.0779. The highest BCUT2D eigenvalue weighted by Gasteiger charge is 2.21. The van der Waals surface area contributed by atoms with Gasteiger partial charge in [0.1, 0.15) is 5.56 Å². The number of carbonyl (C=O) groups excluding carboxylic acids is 2. The summed E-state index contributed by atoms with van der Waals surface area (Å²) >= 11 is 0. The van der Waals surface area contributed by atoms with Crippen molar-refractivity contribution in [2.45, 2.75) is 47.6 Å². The number of nitrogens with one attached hydrogen (secondary N) is 2. The van der Waals surface area contributed by atoms with Crippen LogP contribution in [0.3, 0.4) is 0 Å². The summed E-state index contributed by atoms with van der Waals surface area (Å²) in [4.78, 5) is 39.6. The molecule has 10 nitrogen and oxygen atoms in total. The molecule has 4 aromatic rings. The molecule has 10 heteroatoms. The van der Waals surface area contributed by atoms with Crippen LogP contribution in [0.25, 0.3) is 0 Å². The summed E-state index contributed by atoms with van der Waals surface area (Å²) in [6.45, 7) is 15.3. The molecule has 0 radical (unpaired) electrons. The van der Waals surface area contributed by atoms with Crippen molar-refractivity contribution in [1.82, 2.24) is 19.8 Å². The molecule has 0 saturated heterocycles. The molecule has 242 valence electrons. The van der Waals surface area contributed by atoms with Gasteiger partial charge in [-0.25, -0.2) is 4.98 Å². The van der Waals surface area contributed by atoms with Crippen molar-refractivity contribution < 1.29 is 19.1 Å². The van der Waals surface area contributed by atoms with Gasteiger partial charge in [-0.15, -0.1) is 0 Å². The summed E-state index contributed by atoms with van der Waals surface area (Å²) in [7, 11) is 1.82. The molecule has 3 aromatic carbocycles. The Kier molecular flexibility index (Phi) is 11.7. The monoisotopic (exact) mass is 624 g/mol. The molecule has 0 unspecified atom stereocenters. The zero-order valence-corrected chi connectivity index (χ0v) is 27.8. The van der Waals surface area contributed by atoms with Gasteiger partial charge >= 0.3 is 0 Å². The third-order valence-corrected chi connectivity index (χ3v) is 7.52. The maximum atomic E-state index is 13.6. The number of benzene rings is 3. The maximum Gasteiger partial charge on any atom is 0.262 e. The summed E-state index contributed by atoms with van der Waals surface area (Å²) in [5.74, 6) is 0.754. The smallest absolute Gasteiger partial charge is 0.262 e. The number of anilines is 3. The molecule has 1 aromatic heterocycles. The highest BCUT2D eigenvalue weighted by Crippen LogP contribution is 2.34. The van der Waals surface area contributed by atoms with Crippen molar-refractivity contribution >= 4 is 29.1 Å². The highest BCUT2D eigenvalue weighted by atomic mass is 16.5. The van der Waals surface area contributed by atoms with Crippen molar-refractivity contribution in [3.05, 3.63) is 95.2 Å². The van der Waals surface area contributed by atoms with E-state index in [1.807, 2.05) is 65.1 Å². The fraction of sp³-hybridized carbons (Fsp3) is 0.333. The first-order valence-corrected chi connectivity index (χ1v) is 15.6. The Balaban J connectivity index is 1.58. The molecule has 46 heavy (non-hydrogen) atoms. The van der Waals surface area contributed by atoms with Crippen molar-refractivity contribution in [3.63, 3.8) is 0 Å². The molecule has 0 aliphatic heterocycles. The average molecular weight is 625 g/mol. The molecular weight excluding hydrogens is 580 g/mol. The summed E-state index contributed by atoms with van der Waals surface area (Å²) < 4.78 is 12.2. The lowest BCUT2D eigenvalue weighted by Crippen LogP contribution is -2.36. The van der Waals surface area contributed by atoms with Crippen LogP contribution in [-0.4, -0.2) is 70.9 Å². The third kappa shape index (κ3) is 8.82. The fourth-order valence-electron chi connectivity index (χ4n) is 4.82. The van der Waals surface area contributed by atoms with Crippen molar-refractivity contribution in [3.8, 4) is 17.4 Å². The number of amides is 2. The van der Waals surface area contributed by atoms with Crippen LogP contribution in [0.4, 0.5) is 17.3 Å². The minimum absolute atomic E-state index is 0.0489. The quantitative estimate of drug-likeness (QED) is 0.153. The lowest BCUT2D eigenvalue weighted by Gasteiger charge is -2.23. The van der Waals surface area contributed by atoms with Gasteiger partial charge in [-0.2, -0.15) is 4.98 Å². The van der Waals surface area contributed by atoms with E-state index in [4.69, 9.17) is 9.47 Å². The number of hydrogen-bond acceptors (Lipinski definition) is 8. The molecule has 0 aliphatic carbocycles. The Morgan fingerprint density at radius 1 is 0.870 bits per heavy atom. The summed E-state index contributed by atoms with van der Waals surface area (Å²) in [6, 6.07) is 20.2. The second-order valence-corrected chi connectivity index (χ2v) is 11.3. The Labute approximate surface area is 271 Å². The van der Waals surface area contributed by atoms with Crippen LogP contribution in [0.5, 0.6) is 17.4 Å². The van der Waals surface area contributed by atoms with Crippen molar-refractivity contribution in [1.29, 1.82) is 0 Å². The molecular formula is C36H44N6O4. The predicted octanol–water partition coefficient (Wildman–Crippen LogP) is 7.08. The van der Waals surface area contributed by atoms with Crippen molar-refractivity contribution in [2.75, 3.05) is 43.9 Å². The summed E-state index contributed by atoms with van der Waals surface area (Å²) in [6.07, 6.45) is 1.35. The van der Waals surface area contributed by atoms with E-state index in [1.54, 1.807) is 41.3 Å². The molecule has 0 fully saturated rings. The van der Waals surface area contributed by atoms with E-state index in [0.717, 1.165) is 36.4 Å². The average Bonchev–Trinajstić information content (AvgIpc) is 3.04. The second-order valence-electron chi connectivity index (χ2n) is 11.3. The predicted molar refractivity (Wildman–Crippen MR) is 183 cm³/mol. The SMILES string of the molecule is CCN(CC)CCN(C)C(=O)c1ccc(Nc2ncc(C(=O)Nc3c(C)cccc3C)c(Oc3ccccc3OC(C)C)n2)cc1. The normalized spacial score (nSPS) is 11.0. The van der Waals surface area contributed by atoms with Gasteiger partial charge in [-0.1, -0.05) is 44.2 Å². The van der Waals surface area contributed by atoms with E-state index in [1.165, 1.54) is 6.20 Å². The van der Waals surface area contributed by atoms with Gasteiger partial charge in [-0.3, -0.25) is 9.59 Å². The van der Waals surface area contributed by atoms with Gasteiger partial charge in [0, 0.05) is 43.3 Å². The number of para-hydroxylation sites is 3. The second kappa shape index (κ2) is 15.9. The van der Waals surface area contributed by atoms with Gasteiger partial charge in [0.25, 0.3) is 11.8 Å². The van der Waals surface area contributed by atoms with Gasteiger partial charge in [0.15, 0.2) is 11.5 Å². The molecule has 0 aliphatic rings. The Morgan fingerprint density at radius 2 is 1.52 bits per heavy atom. The van der Waals surface area contributed by atoms with E-state index in [2.05, 4.69) is 39.3 Å². The zero-order valence-electron chi connectivity index (χ0n) is 27.8. The molecule has 2 amide bonds. The minimum atomic E-state index is -0.408. The molecule has 1 heterocycles. The first-order valence-electron chi connectivity index (χ1n) is 15.6. The molecule has 2 N–H and O–H groups in total. The minimum Gasteiger partial charge on any atom is -0.487 e. The number of carbonyl (C=O) groups is 2. The molecule has 4 rings (SSSR count). The number of nitrogens with zero attached hydrogens (tertiary/aromatic N) is 4. The molecule has 0 saturated carbocycles. The van der Waals surface area contributed by atoms with Crippen LogP contribution in [-0.2, 0) is 0 Å². The van der Waals surface area contributed by atoms with Crippen molar-refractivity contribution in [2.24, 2.45) is 0 Å². The Morgan fingerprint density at radius 3 is 2.15 bits per heavy atom. The van der Waals surface area contributed by atoms with Crippen LogP contribution in [0.15, 0.2) is 72.9 Å². The van der Waals surface area contributed by atoms with E-state index >= 15 is 0 Å². The first kappa shape index (κ1) is 33.9. The number of likely N-dealkylation sites (N-methyl/N-ethyl adjacent to an activating group) is 2. The van der Waals surface area contributed by atoms with E-state index in [0.29, 0.717) is 29.3 Å². The standard InChI is InChI=1S/C36H44N6O4/c1-8-42(9-2)22-21-41(7)35(44)27-17-19-28(20-18-27)38-36-37-23-29(33(43)39-32-25(5)13-12-14-26(32)6)34(40-36)46-31-16-11-10-15-30(31)45-24(3)4/h10-20,23-24H,8-9,21-22H2,1-7H3,(H,39,43)(H,37,38,40). The Bertz CT molecular complexity index is 1620. The van der Waals surface area contributed by atoms with Gasteiger partial charge in [0.2, 0.25) is 11.8 Å². The van der Waals surface area contributed by atoms with Gasteiger partial charge in [0.05, 0.1) is 6.10 Å². The molecule has 0 bridgehead atoms. The largest absolute Gasteiger partial charge is 0.487 e. The summed E-state index contributed by atoms with van der Waals surface area (Å²) in [5, 5.41) is 6.16. The van der Waals surface area contributed by atoms with Crippen LogP contribution < -0.4 is 20.1 Å². The van der Waals surface area contributed by atoms with Crippen LogP contribution in [0, 0.1) is 13.8 Å². The van der Waals surface area contributed by atoms with E-state index in [9.17, 15) is 9.59 Å². The number of hydrogen-bond donors (Lipinski definition) is 2. The number of aryl methyl sites for hydroxylation is 2. The number of aromatic nitrogens is 2. The van der Waals surface area contributed by atoms with E-state index < -0.39 is 5.91 Å².